The second-order valence-electron chi connectivity index (χ2n) is 4.13. The van der Waals surface area contributed by atoms with Crippen LogP contribution in [0.2, 0.25) is 0 Å². The van der Waals surface area contributed by atoms with E-state index in [1.54, 1.807) is 36.4 Å². The predicted molar refractivity (Wildman–Crippen MR) is 80.6 cm³/mol. The van der Waals surface area contributed by atoms with E-state index in [2.05, 4.69) is 5.92 Å². The van der Waals surface area contributed by atoms with Crippen molar-refractivity contribution in [1.82, 2.24) is 0 Å². The summed E-state index contributed by atoms with van der Waals surface area (Å²) in [6.45, 7) is 0.223. The summed E-state index contributed by atoms with van der Waals surface area (Å²) in [5.74, 6) is 3.01. The monoisotopic (exact) mass is 262 g/mol. The van der Waals surface area contributed by atoms with Crippen LogP contribution < -0.4 is 4.74 Å². The van der Waals surface area contributed by atoms with Crippen molar-refractivity contribution in [2.75, 3.05) is 6.61 Å². The van der Waals surface area contributed by atoms with Crippen LogP contribution in [0.1, 0.15) is 15.9 Å². The molecule has 0 fully saturated rings. The maximum atomic E-state index is 12.0. The van der Waals surface area contributed by atoms with E-state index in [1.165, 1.54) is 0 Å². The van der Waals surface area contributed by atoms with Crippen LogP contribution in [0.25, 0.3) is 6.08 Å². The topological polar surface area (TPSA) is 26.3 Å². The summed E-state index contributed by atoms with van der Waals surface area (Å²) in [6, 6.07) is 16.6. The van der Waals surface area contributed by atoms with E-state index in [1.807, 2.05) is 30.3 Å². The van der Waals surface area contributed by atoms with Crippen LogP contribution in [0.15, 0.2) is 60.7 Å². The Balaban J connectivity index is 2.03. The summed E-state index contributed by atoms with van der Waals surface area (Å²) >= 11 is 0. The molecule has 0 spiro atoms. The van der Waals surface area contributed by atoms with Gasteiger partial charge in [-0.25, -0.2) is 0 Å². The third kappa shape index (κ3) is 3.86. The minimum atomic E-state index is -0.0441. The zero-order valence-electron chi connectivity index (χ0n) is 11.0. The summed E-state index contributed by atoms with van der Waals surface area (Å²) < 4.78 is 5.25. The van der Waals surface area contributed by atoms with Crippen LogP contribution in [0.3, 0.4) is 0 Å². The van der Waals surface area contributed by atoms with Gasteiger partial charge in [-0.3, -0.25) is 4.79 Å². The Labute approximate surface area is 118 Å². The molecule has 0 radical (unpaired) electrons. The van der Waals surface area contributed by atoms with E-state index in [4.69, 9.17) is 11.2 Å². The number of ketones is 1. The second-order valence-corrected chi connectivity index (χ2v) is 4.13. The summed E-state index contributed by atoms with van der Waals surface area (Å²) in [7, 11) is 0. The Morgan fingerprint density at radius 3 is 2.45 bits per heavy atom. The van der Waals surface area contributed by atoms with Gasteiger partial charge in [0.25, 0.3) is 0 Å². The first-order chi connectivity index (χ1) is 9.79. The largest absolute Gasteiger partial charge is 0.481 e. The van der Waals surface area contributed by atoms with Crippen molar-refractivity contribution in [3.63, 3.8) is 0 Å². The Morgan fingerprint density at radius 2 is 1.80 bits per heavy atom. The maximum Gasteiger partial charge on any atom is 0.185 e. The fraction of sp³-hybridized carbons (Fsp3) is 0.0556. The van der Waals surface area contributed by atoms with Gasteiger partial charge in [0, 0.05) is 5.56 Å². The molecule has 0 aliphatic carbocycles. The van der Waals surface area contributed by atoms with Gasteiger partial charge in [0.1, 0.15) is 12.4 Å². The third-order valence-electron chi connectivity index (χ3n) is 2.69. The lowest BCUT2D eigenvalue weighted by atomic mass is 10.1. The molecule has 0 unspecified atom stereocenters. The number of hydrogen-bond acceptors (Lipinski definition) is 2. The molecule has 2 heteroatoms. The molecule has 0 heterocycles. The number of benzene rings is 2. The van der Waals surface area contributed by atoms with Crippen molar-refractivity contribution in [3.05, 3.63) is 71.8 Å². The summed E-state index contributed by atoms with van der Waals surface area (Å²) in [5, 5.41) is 0. The maximum absolute atomic E-state index is 12.0. The number of ether oxygens (including phenoxy) is 1. The fourth-order valence-corrected chi connectivity index (χ4v) is 1.67. The van der Waals surface area contributed by atoms with E-state index in [-0.39, 0.29) is 12.4 Å². The average Bonchev–Trinajstić information content (AvgIpc) is 2.52. The number of carbonyl (C=O) groups is 1. The van der Waals surface area contributed by atoms with Crippen LogP contribution in [0.4, 0.5) is 0 Å². The molecule has 0 amide bonds. The van der Waals surface area contributed by atoms with Crippen molar-refractivity contribution < 1.29 is 9.53 Å². The van der Waals surface area contributed by atoms with Crippen LogP contribution in [-0.4, -0.2) is 12.4 Å². The first-order valence-corrected chi connectivity index (χ1v) is 6.23. The molecular formula is C18H14O2. The van der Waals surface area contributed by atoms with E-state index < -0.39 is 0 Å². The Hall–Kier alpha value is -2.79. The molecule has 0 aromatic heterocycles. The molecular weight excluding hydrogens is 248 g/mol. The molecule has 20 heavy (non-hydrogen) atoms. The molecule has 2 aromatic rings. The van der Waals surface area contributed by atoms with Gasteiger partial charge in [-0.15, -0.1) is 6.42 Å². The van der Waals surface area contributed by atoms with Crippen LogP contribution in [-0.2, 0) is 0 Å². The van der Waals surface area contributed by atoms with E-state index in [0.29, 0.717) is 11.3 Å². The first kappa shape index (κ1) is 13.6. The molecule has 0 aliphatic rings. The van der Waals surface area contributed by atoms with Gasteiger partial charge in [0.2, 0.25) is 0 Å². The zero-order chi connectivity index (χ0) is 14.2. The highest BCUT2D eigenvalue weighted by atomic mass is 16.5. The van der Waals surface area contributed by atoms with E-state index in [0.717, 1.165) is 5.56 Å². The lowest BCUT2D eigenvalue weighted by molar-refractivity contribution is 0.104. The fourth-order valence-electron chi connectivity index (χ4n) is 1.67. The van der Waals surface area contributed by atoms with E-state index >= 15 is 0 Å². The summed E-state index contributed by atoms with van der Waals surface area (Å²) in [4.78, 5) is 12.0. The standard InChI is InChI=1S/C18H14O2/c1-2-14-20-17-11-9-16(10-12-17)18(19)13-8-15-6-4-3-5-7-15/h1,3-13H,14H2/b13-8+. The summed E-state index contributed by atoms with van der Waals surface area (Å²) in [5.41, 5.74) is 1.61. The van der Waals surface area contributed by atoms with Gasteiger partial charge in [-0.05, 0) is 35.9 Å². The highest BCUT2D eigenvalue weighted by molar-refractivity contribution is 6.06. The minimum Gasteiger partial charge on any atom is -0.481 e. The minimum absolute atomic E-state index is 0.0441. The van der Waals surface area contributed by atoms with Crippen LogP contribution in [0.5, 0.6) is 5.75 Å². The lowest BCUT2D eigenvalue weighted by Gasteiger charge is -2.02. The molecule has 0 atom stereocenters. The first-order valence-electron chi connectivity index (χ1n) is 6.23. The molecule has 0 N–H and O–H groups in total. The molecule has 0 saturated carbocycles. The Kier molecular flexibility index (Phi) is 4.75. The van der Waals surface area contributed by atoms with Crippen molar-refractivity contribution >= 4 is 11.9 Å². The van der Waals surface area contributed by atoms with Gasteiger partial charge in [-0.2, -0.15) is 0 Å². The van der Waals surface area contributed by atoms with Gasteiger partial charge >= 0.3 is 0 Å². The van der Waals surface area contributed by atoms with Gasteiger partial charge < -0.3 is 4.74 Å². The highest BCUT2D eigenvalue weighted by Gasteiger charge is 2.01. The number of rotatable bonds is 5. The van der Waals surface area contributed by atoms with E-state index in [9.17, 15) is 4.79 Å². The van der Waals surface area contributed by atoms with Crippen molar-refractivity contribution in [3.8, 4) is 18.1 Å². The van der Waals surface area contributed by atoms with Crippen LogP contribution in [0, 0.1) is 12.3 Å². The number of terminal acetylenes is 1. The molecule has 2 rings (SSSR count). The Morgan fingerprint density at radius 1 is 1.10 bits per heavy atom. The molecule has 2 aromatic carbocycles. The highest BCUT2D eigenvalue weighted by Crippen LogP contribution is 2.13. The molecule has 98 valence electrons. The second kappa shape index (κ2) is 6.96. The normalized spacial score (nSPS) is 10.2. The zero-order valence-corrected chi connectivity index (χ0v) is 11.0. The van der Waals surface area contributed by atoms with Gasteiger partial charge in [-0.1, -0.05) is 42.3 Å². The SMILES string of the molecule is C#CCOc1ccc(C(=O)/C=C/c2ccccc2)cc1. The average molecular weight is 262 g/mol. The quantitative estimate of drug-likeness (QED) is 0.467. The third-order valence-corrected chi connectivity index (χ3v) is 2.69. The van der Waals surface area contributed by atoms with Gasteiger partial charge in [0.15, 0.2) is 5.78 Å². The molecule has 0 aliphatic heterocycles. The van der Waals surface area contributed by atoms with Gasteiger partial charge in [0.05, 0.1) is 0 Å². The molecule has 0 bridgehead atoms. The van der Waals surface area contributed by atoms with Crippen molar-refractivity contribution in [2.45, 2.75) is 0 Å². The Bertz CT molecular complexity index is 631. The summed E-state index contributed by atoms with van der Waals surface area (Å²) in [6.07, 6.45) is 8.47. The lowest BCUT2D eigenvalue weighted by Crippen LogP contribution is -1.96. The van der Waals surface area contributed by atoms with Crippen molar-refractivity contribution in [1.29, 1.82) is 0 Å². The number of carbonyl (C=O) groups excluding carboxylic acids is 1. The number of allylic oxidation sites excluding steroid dienone is 1. The predicted octanol–water partition coefficient (Wildman–Crippen LogP) is 3.59. The van der Waals surface area contributed by atoms with Crippen molar-refractivity contribution in [2.24, 2.45) is 0 Å². The molecule has 2 nitrogen and oxygen atoms in total. The molecule has 0 saturated heterocycles. The number of hydrogen-bond donors (Lipinski definition) is 0. The van der Waals surface area contributed by atoms with Crippen LogP contribution >= 0.6 is 0 Å². The smallest absolute Gasteiger partial charge is 0.185 e.